The first kappa shape index (κ1) is 6.84. The molecule has 1 atom stereocenters. The van der Waals surface area contributed by atoms with E-state index in [9.17, 15) is 0 Å². The quantitative estimate of drug-likeness (QED) is 0.609. The molecule has 3 rings (SSSR count). The highest BCUT2D eigenvalue weighted by Crippen LogP contribution is 2.31. The maximum Gasteiger partial charge on any atom is 0.111 e. The van der Waals surface area contributed by atoms with E-state index >= 15 is 0 Å². The molecule has 0 amide bonds. The summed E-state index contributed by atoms with van der Waals surface area (Å²) in [6.07, 6.45) is 6.35. The molecule has 0 N–H and O–H groups in total. The summed E-state index contributed by atoms with van der Waals surface area (Å²) in [5.41, 5.74) is 3.80. The van der Waals surface area contributed by atoms with Crippen LogP contribution in [-0.2, 0) is 0 Å². The van der Waals surface area contributed by atoms with Gasteiger partial charge in [-0.2, -0.15) is 0 Å². The van der Waals surface area contributed by atoms with Gasteiger partial charge in [0, 0.05) is 5.57 Å². The molecule has 0 saturated heterocycles. The third-order valence-corrected chi connectivity index (χ3v) is 2.41. The fourth-order valence-electron chi connectivity index (χ4n) is 1.68. The topological polar surface area (TPSA) is 12.4 Å². The molecule has 0 fully saturated rings. The number of benzene rings is 1. The first-order chi connectivity index (χ1) is 6.45. The van der Waals surface area contributed by atoms with Crippen LogP contribution in [0.25, 0.3) is 5.57 Å². The second-order valence-electron chi connectivity index (χ2n) is 3.29. The van der Waals surface area contributed by atoms with E-state index in [2.05, 4.69) is 47.5 Å². The maximum atomic E-state index is 4.37. The molecule has 0 aromatic heterocycles. The Morgan fingerprint density at radius 2 is 1.92 bits per heavy atom. The van der Waals surface area contributed by atoms with Crippen LogP contribution >= 0.6 is 0 Å². The Bertz CT molecular complexity index is 424. The fourth-order valence-corrected chi connectivity index (χ4v) is 1.68. The monoisotopic (exact) mass is 167 g/mol. The van der Waals surface area contributed by atoms with Crippen molar-refractivity contribution in [1.29, 1.82) is 0 Å². The van der Waals surface area contributed by atoms with Gasteiger partial charge in [-0.05, 0) is 5.56 Å². The summed E-state index contributed by atoms with van der Waals surface area (Å²) in [4.78, 5) is 4.37. The molecule has 0 saturated carbocycles. The summed E-state index contributed by atoms with van der Waals surface area (Å²) >= 11 is 0. The standard InChI is InChI=1S/C12H9N/c1-2-5-9(6-3-1)10-7-4-8-11-12(10)13-11/h1-8,11H. The van der Waals surface area contributed by atoms with Crippen molar-refractivity contribution in [2.45, 2.75) is 6.04 Å². The third-order valence-electron chi connectivity index (χ3n) is 2.41. The second kappa shape index (κ2) is 2.43. The third kappa shape index (κ3) is 1.04. The van der Waals surface area contributed by atoms with Crippen molar-refractivity contribution >= 4 is 11.3 Å². The Morgan fingerprint density at radius 3 is 2.77 bits per heavy atom. The molecule has 1 heteroatoms. The lowest BCUT2D eigenvalue weighted by atomic mass is 9.98. The van der Waals surface area contributed by atoms with Crippen LogP contribution in [0.15, 0.2) is 53.6 Å². The van der Waals surface area contributed by atoms with E-state index < -0.39 is 0 Å². The Hall–Kier alpha value is -1.63. The van der Waals surface area contributed by atoms with Crippen LogP contribution in [0.3, 0.4) is 0 Å². The Balaban J connectivity index is 2.06. The minimum Gasteiger partial charge on any atom is -0.273 e. The Kier molecular flexibility index (Phi) is 1.28. The molecule has 1 aromatic rings. The van der Waals surface area contributed by atoms with E-state index in [1.165, 1.54) is 16.8 Å². The zero-order valence-electron chi connectivity index (χ0n) is 7.14. The molecule has 1 unspecified atom stereocenters. The highest BCUT2D eigenvalue weighted by Gasteiger charge is 2.30. The second-order valence-corrected chi connectivity index (χ2v) is 3.29. The zero-order chi connectivity index (χ0) is 8.67. The average molecular weight is 167 g/mol. The Morgan fingerprint density at radius 1 is 1.08 bits per heavy atom. The number of nitrogens with zero attached hydrogens (tertiary/aromatic N) is 1. The normalized spacial score (nSPS) is 23.2. The van der Waals surface area contributed by atoms with Gasteiger partial charge in [-0.25, -0.2) is 0 Å². The number of hydrogen-bond acceptors (Lipinski definition) is 1. The van der Waals surface area contributed by atoms with Crippen LogP contribution in [0.2, 0.25) is 0 Å². The first-order valence-electron chi connectivity index (χ1n) is 4.47. The summed E-state index contributed by atoms with van der Waals surface area (Å²) in [7, 11) is 0. The summed E-state index contributed by atoms with van der Waals surface area (Å²) in [6, 6.07) is 10.8. The van der Waals surface area contributed by atoms with Gasteiger partial charge < -0.3 is 0 Å². The van der Waals surface area contributed by atoms with E-state index in [1.807, 2.05) is 6.07 Å². The van der Waals surface area contributed by atoms with Crippen molar-refractivity contribution in [1.82, 2.24) is 0 Å². The Labute approximate surface area is 77.1 Å². The van der Waals surface area contributed by atoms with E-state index in [4.69, 9.17) is 0 Å². The molecule has 2 aliphatic rings. The van der Waals surface area contributed by atoms with Crippen molar-refractivity contribution < 1.29 is 0 Å². The molecule has 1 heterocycles. The predicted octanol–water partition coefficient (Wildman–Crippen LogP) is 2.46. The van der Waals surface area contributed by atoms with Gasteiger partial charge >= 0.3 is 0 Å². The smallest absolute Gasteiger partial charge is 0.111 e. The van der Waals surface area contributed by atoms with Crippen LogP contribution in [0.4, 0.5) is 0 Å². The molecular weight excluding hydrogens is 158 g/mol. The van der Waals surface area contributed by atoms with E-state index in [0.717, 1.165) is 0 Å². The number of allylic oxidation sites excluding steroid dienone is 2. The van der Waals surface area contributed by atoms with Crippen molar-refractivity contribution in [2.75, 3.05) is 0 Å². The summed E-state index contributed by atoms with van der Waals surface area (Å²) in [5.74, 6) is 0. The lowest BCUT2D eigenvalue weighted by Crippen LogP contribution is -2.00. The minimum absolute atomic E-state index is 0.389. The van der Waals surface area contributed by atoms with Gasteiger partial charge in [0.1, 0.15) is 6.04 Å². The van der Waals surface area contributed by atoms with Crippen LogP contribution in [0.1, 0.15) is 5.56 Å². The molecule has 13 heavy (non-hydrogen) atoms. The van der Waals surface area contributed by atoms with E-state index in [1.54, 1.807) is 0 Å². The van der Waals surface area contributed by atoms with Crippen LogP contribution in [0, 0.1) is 0 Å². The number of fused-ring (bicyclic) bond motifs is 1. The van der Waals surface area contributed by atoms with Gasteiger partial charge in [0.05, 0.1) is 5.71 Å². The fraction of sp³-hybridized carbons (Fsp3) is 0.0833. The molecule has 0 radical (unpaired) electrons. The van der Waals surface area contributed by atoms with Gasteiger partial charge in [0.2, 0.25) is 0 Å². The molecule has 0 spiro atoms. The average Bonchev–Trinajstić information content (AvgIpc) is 2.97. The first-order valence-corrected chi connectivity index (χ1v) is 4.47. The number of hydrogen-bond donors (Lipinski definition) is 0. The highest BCUT2D eigenvalue weighted by molar-refractivity contribution is 6.34. The van der Waals surface area contributed by atoms with Gasteiger partial charge in [-0.15, -0.1) is 0 Å². The SMILES string of the molecule is C1=CC2N=C2C(c2ccccc2)=C1. The van der Waals surface area contributed by atoms with E-state index in [-0.39, 0.29) is 0 Å². The number of rotatable bonds is 1. The van der Waals surface area contributed by atoms with Crippen LogP contribution in [0.5, 0.6) is 0 Å². The molecule has 1 aliphatic carbocycles. The minimum atomic E-state index is 0.389. The van der Waals surface area contributed by atoms with Crippen molar-refractivity contribution in [3.63, 3.8) is 0 Å². The highest BCUT2D eigenvalue weighted by atomic mass is 15.0. The lowest BCUT2D eigenvalue weighted by molar-refractivity contribution is 1.28. The van der Waals surface area contributed by atoms with Crippen molar-refractivity contribution in [2.24, 2.45) is 4.99 Å². The van der Waals surface area contributed by atoms with Gasteiger partial charge in [-0.3, -0.25) is 4.99 Å². The van der Waals surface area contributed by atoms with Crippen LogP contribution in [-0.4, -0.2) is 11.8 Å². The molecule has 1 aromatic carbocycles. The van der Waals surface area contributed by atoms with Crippen LogP contribution < -0.4 is 0 Å². The molecular formula is C12H9N. The molecule has 1 aliphatic heterocycles. The van der Waals surface area contributed by atoms with Crippen molar-refractivity contribution in [3.05, 3.63) is 54.1 Å². The molecule has 62 valence electrons. The maximum absolute atomic E-state index is 4.37. The van der Waals surface area contributed by atoms with E-state index in [0.29, 0.717) is 6.04 Å². The van der Waals surface area contributed by atoms with Crippen molar-refractivity contribution in [3.8, 4) is 0 Å². The van der Waals surface area contributed by atoms with Gasteiger partial charge in [0.25, 0.3) is 0 Å². The number of aliphatic imine (C=N–C) groups is 1. The molecule has 0 bridgehead atoms. The van der Waals surface area contributed by atoms with Gasteiger partial charge in [-0.1, -0.05) is 48.6 Å². The van der Waals surface area contributed by atoms with Gasteiger partial charge in [0.15, 0.2) is 0 Å². The zero-order valence-corrected chi connectivity index (χ0v) is 7.14. The lowest BCUT2D eigenvalue weighted by Gasteiger charge is -2.04. The summed E-state index contributed by atoms with van der Waals surface area (Å²) in [5, 5.41) is 0. The predicted molar refractivity (Wildman–Crippen MR) is 54.8 cm³/mol. The molecule has 1 nitrogen and oxygen atoms in total. The summed E-state index contributed by atoms with van der Waals surface area (Å²) in [6.45, 7) is 0. The summed E-state index contributed by atoms with van der Waals surface area (Å²) < 4.78 is 0. The largest absolute Gasteiger partial charge is 0.273 e.